The molecule has 3 unspecified atom stereocenters. The van der Waals surface area contributed by atoms with Crippen LogP contribution in [0.3, 0.4) is 0 Å². The molecule has 0 aliphatic rings. The fourth-order valence-corrected chi connectivity index (χ4v) is 6.62. The fourth-order valence-electron chi connectivity index (χ4n) is 5.88. The van der Waals surface area contributed by atoms with Gasteiger partial charge in [-0.15, -0.1) is 0 Å². The van der Waals surface area contributed by atoms with Crippen molar-refractivity contribution in [2.75, 3.05) is 40.9 Å². The van der Waals surface area contributed by atoms with Gasteiger partial charge in [0.1, 0.15) is 13.2 Å². The zero-order chi connectivity index (χ0) is 38.6. The van der Waals surface area contributed by atoms with Gasteiger partial charge in [0.2, 0.25) is 5.91 Å². The van der Waals surface area contributed by atoms with Crippen LogP contribution >= 0.6 is 7.82 Å². The topological polar surface area (TPSA) is 105 Å². The minimum Gasteiger partial charge on any atom is -0.387 e. The van der Waals surface area contributed by atoms with Gasteiger partial charge in [-0.1, -0.05) is 159 Å². The highest BCUT2D eigenvalue weighted by atomic mass is 31.2. The molecular weight excluding hydrogens is 671 g/mol. The van der Waals surface area contributed by atoms with Crippen LogP contribution in [0.25, 0.3) is 0 Å². The van der Waals surface area contributed by atoms with Gasteiger partial charge in [0.05, 0.1) is 39.9 Å². The summed E-state index contributed by atoms with van der Waals surface area (Å²) in [6, 6.07) is -0.874. The standard InChI is InChI=1S/C43H83N2O6P/c1-6-8-10-12-14-16-17-18-19-20-21-22-23-24-25-26-27-29-30-32-34-36-42(46)41(40-51-52(48,49)50-39-38-45(3,4)5)44-43(47)37-35-33-31-28-15-13-11-9-7-2/h27-29,31,34,36,41-42,46H,6-26,30,32-33,35,37-40H2,1-5H3,(H-,44,47,48,49)/p+1/b29-27+,31-28-,36-34+. The quantitative estimate of drug-likeness (QED) is 0.0251. The maximum absolute atomic E-state index is 12.7. The molecule has 0 aliphatic carbocycles. The number of phosphoric acid groups is 1. The van der Waals surface area contributed by atoms with Crippen LogP contribution in [0, 0.1) is 0 Å². The average Bonchev–Trinajstić information content (AvgIpc) is 3.09. The molecule has 52 heavy (non-hydrogen) atoms. The van der Waals surface area contributed by atoms with Crippen molar-refractivity contribution in [2.45, 2.75) is 193 Å². The van der Waals surface area contributed by atoms with Crippen LogP contribution in [0.5, 0.6) is 0 Å². The third-order valence-electron chi connectivity index (χ3n) is 9.33. The monoisotopic (exact) mass is 756 g/mol. The van der Waals surface area contributed by atoms with Gasteiger partial charge in [-0.05, 0) is 51.4 Å². The highest BCUT2D eigenvalue weighted by molar-refractivity contribution is 7.47. The van der Waals surface area contributed by atoms with Gasteiger partial charge in [0.15, 0.2) is 0 Å². The number of nitrogens with zero attached hydrogens (tertiary/aromatic N) is 1. The number of quaternary nitrogens is 1. The lowest BCUT2D eigenvalue weighted by Gasteiger charge is -2.25. The first kappa shape index (κ1) is 50.7. The van der Waals surface area contributed by atoms with Crippen LogP contribution < -0.4 is 5.32 Å². The number of carbonyl (C=O) groups excluding carboxylic acids is 1. The Morgan fingerprint density at radius 2 is 1.06 bits per heavy atom. The molecule has 0 aliphatic heterocycles. The van der Waals surface area contributed by atoms with Gasteiger partial charge < -0.3 is 19.8 Å². The second kappa shape index (κ2) is 35.4. The molecule has 0 saturated carbocycles. The molecule has 9 heteroatoms. The summed E-state index contributed by atoms with van der Waals surface area (Å²) in [5.41, 5.74) is 0. The SMILES string of the molecule is CCCCCC/C=C\CCCC(=O)NC(COP(=O)(O)OCC[N+](C)(C)C)C(O)/C=C/CC/C=C/CCCCCCCCCCCCCCCCC. The van der Waals surface area contributed by atoms with Crippen molar-refractivity contribution in [3.05, 3.63) is 36.5 Å². The van der Waals surface area contributed by atoms with E-state index in [9.17, 15) is 19.4 Å². The van der Waals surface area contributed by atoms with Crippen molar-refractivity contribution >= 4 is 13.7 Å². The molecule has 8 nitrogen and oxygen atoms in total. The van der Waals surface area contributed by atoms with Crippen molar-refractivity contribution < 1.29 is 32.9 Å². The number of aliphatic hydroxyl groups is 1. The molecule has 0 radical (unpaired) electrons. The van der Waals surface area contributed by atoms with Crippen LogP contribution in [0.1, 0.15) is 181 Å². The minimum absolute atomic E-state index is 0.0514. The normalized spacial score (nSPS) is 14.8. The van der Waals surface area contributed by atoms with E-state index < -0.39 is 20.0 Å². The molecule has 0 rings (SSSR count). The molecule has 0 aromatic carbocycles. The van der Waals surface area contributed by atoms with Crippen molar-refractivity contribution in [1.82, 2.24) is 5.32 Å². The second-order valence-electron chi connectivity index (χ2n) is 15.7. The largest absolute Gasteiger partial charge is 0.472 e. The van der Waals surface area contributed by atoms with Crippen LogP contribution in [0.4, 0.5) is 0 Å². The first-order valence-corrected chi connectivity index (χ1v) is 22.9. The van der Waals surface area contributed by atoms with Gasteiger partial charge in [0, 0.05) is 6.42 Å². The fraction of sp³-hybridized carbons (Fsp3) is 0.837. The summed E-state index contributed by atoms with van der Waals surface area (Å²) in [5, 5.41) is 13.7. The van der Waals surface area contributed by atoms with E-state index in [1.165, 1.54) is 122 Å². The summed E-state index contributed by atoms with van der Waals surface area (Å²) in [7, 11) is 1.54. The Bertz CT molecular complexity index is 948. The number of rotatable bonds is 38. The summed E-state index contributed by atoms with van der Waals surface area (Å²) in [6.07, 6.45) is 42.4. The smallest absolute Gasteiger partial charge is 0.387 e. The van der Waals surface area contributed by atoms with E-state index in [0.717, 1.165) is 32.1 Å². The Morgan fingerprint density at radius 3 is 1.56 bits per heavy atom. The van der Waals surface area contributed by atoms with Crippen LogP contribution in [0.15, 0.2) is 36.5 Å². The number of nitrogens with one attached hydrogen (secondary N) is 1. The molecule has 0 bridgehead atoms. The summed E-state index contributed by atoms with van der Waals surface area (Å²) in [6.45, 7) is 4.72. The Hall–Kier alpha value is -1.28. The number of aliphatic hydroxyl groups excluding tert-OH is 1. The van der Waals surface area contributed by atoms with Gasteiger partial charge in [-0.2, -0.15) is 0 Å². The zero-order valence-electron chi connectivity index (χ0n) is 34.5. The number of phosphoric ester groups is 1. The molecule has 3 atom stereocenters. The molecule has 0 heterocycles. The van der Waals surface area contributed by atoms with Crippen LogP contribution in [0.2, 0.25) is 0 Å². The molecule has 3 N–H and O–H groups in total. The maximum atomic E-state index is 12.7. The molecule has 0 saturated heterocycles. The first-order valence-electron chi connectivity index (χ1n) is 21.4. The van der Waals surface area contributed by atoms with Crippen molar-refractivity contribution in [3.63, 3.8) is 0 Å². The Balaban J connectivity index is 4.41. The predicted octanol–water partition coefficient (Wildman–Crippen LogP) is 11.5. The van der Waals surface area contributed by atoms with Gasteiger partial charge in [-0.3, -0.25) is 13.8 Å². The first-order chi connectivity index (χ1) is 25.0. The third-order valence-corrected chi connectivity index (χ3v) is 10.3. The van der Waals surface area contributed by atoms with Gasteiger partial charge >= 0.3 is 7.82 Å². The predicted molar refractivity (Wildman–Crippen MR) is 221 cm³/mol. The van der Waals surface area contributed by atoms with E-state index in [1.54, 1.807) is 6.08 Å². The molecule has 0 spiro atoms. The summed E-state index contributed by atoms with van der Waals surface area (Å²) >= 11 is 0. The number of carbonyl (C=O) groups is 1. The van der Waals surface area contributed by atoms with Gasteiger partial charge in [-0.25, -0.2) is 4.57 Å². The molecule has 0 aromatic heterocycles. The number of hydrogen-bond acceptors (Lipinski definition) is 5. The summed E-state index contributed by atoms with van der Waals surface area (Å²) in [5.74, 6) is -0.224. The van der Waals surface area contributed by atoms with E-state index in [2.05, 4.69) is 43.5 Å². The minimum atomic E-state index is -4.34. The number of allylic oxidation sites excluding steroid dienone is 5. The number of hydrogen-bond donors (Lipinski definition) is 3. The van der Waals surface area contributed by atoms with E-state index in [-0.39, 0.29) is 19.1 Å². The third kappa shape index (κ3) is 37.1. The van der Waals surface area contributed by atoms with Gasteiger partial charge in [0.25, 0.3) is 0 Å². The highest BCUT2D eigenvalue weighted by Crippen LogP contribution is 2.43. The number of unbranched alkanes of at least 4 members (excludes halogenated alkanes) is 21. The molecule has 0 fully saturated rings. The Labute approximate surface area is 321 Å². The van der Waals surface area contributed by atoms with E-state index >= 15 is 0 Å². The van der Waals surface area contributed by atoms with Crippen molar-refractivity contribution in [2.24, 2.45) is 0 Å². The second-order valence-corrected chi connectivity index (χ2v) is 17.2. The zero-order valence-corrected chi connectivity index (χ0v) is 35.4. The number of likely N-dealkylation sites (N-methyl/N-ethyl adjacent to an activating group) is 1. The van der Waals surface area contributed by atoms with Crippen molar-refractivity contribution in [1.29, 1.82) is 0 Å². The molecular formula is C43H84N2O6P+. The lowest BCUT2D eigenvalue weighted by molar-refractivity contribution is -0.870. The van der Waals surface area contributed by atoms with Crippen LogP contribution in [-0.4, -0.2) is 73.4 Å². The lowest BCUT2D eigenvalue weighted by Crippen LogP contribution is -2.45. The van der Waals surface area contributed by atoms with Crippen molar-refractivity contribution in [3.8, 4) is 0 Å². The average molecular weight is 756 g/mol. The van der Waals surface area contributed by atoms with E-state index in [4.69, 9.17) is 9.05 Å². The Kier molecular flexibility index (Phi) is 34.6. The summed E-state index contributed by atoms with van der Waals surface area (Å²) < 4.78 is 23.4. The van der Waals surface area contributed by atoms with Crippen LogP contribution in [-0.2, 0) is 18.4 Å². The number of amides is 1. The Morgan fingerprint density at radius 1 is 0.635 bits per heavy atom. The molecule has 306 valence electrons. The van der Waals surface area contributed by atoms with E-state index in [0.29, 0.717) is 23.9 Å². The maximum Gasteiger partial charge on any atom is 0.472 e. The molecule has 1 amide bonds. The summed E-state index contributed by atoms with van der Waals surface area (Å²) in [4.78, 5) is 22.9. The van der Waals surface area contributed by atoms with E-state index in [1.807, 2.05) is 27.2 Å². The molecule has 0 aromatic rings. The highest BCUT2D eigenvalue weighted by Gasteiger charge is 2.27. The lowest BCUT2D eigenvalue weighted by atomic mass is 10.0.